The SMILES string of the molecule is CC(C)n1ncc2cc(C(=O)N(C)Cc3cnn(Cc4ccccc4)c3)cnc21. The average Bonchev–Trinajstić information content (AvgIpc) is 3.34. The highest BCUT2D eigenvalue weighted by Crippen LogP contribution is 2.18. The minimum Gasteiger partial charge on any atom is -0.337 e. The molecule has 29 heavy (non-hydrogen) atoms. The molecule has 0 aliphatic rings. The molecule has 1 amide bonds. The maximum Gasteiger partial charge on any atom is 0.255 e. The Kier molecular flexibility index (Phi) is 5.12. The molecule has 3 aromatic heterocycles. The summed E-state index contributed by atoms with van der Waals surface area (Å²) in [6.07, 6.45) is 7.17. The lowest BCUT2D eigenvalue weighted by molar-refractivity contribution is 0.0785. The number of hydrogen-bond acceptors (Lipinski definition) is 4. The van der Waals surface area contributed by atoms with Crippen molar-refractivity contribution in [3.8, 4) is 0 Å². The zero-order chi connectivity index (χ0) is 20.4. The van der Waals surface area contributed by atoms with Crippen molar-refractivity contribution in [2.24, 2.45) is 0 Å². The monoisotopic (exact) mass is 388 g/mol. The smallest absolute Gasteiger partial charge is 0.255 e. The third kappa shape index (κ3) is 4.03. The molecule has 0 saturated carbocycles. The highest BCUT2D eigenvalue weighted by molar-refractivity contribution is 5.96. The van der Waals surface area contributed by atoms with Crippen LogP contribution in [0, 0.1) is 0 Å². The van der Waals surface area contributed by atoms with Crippen molar-refractivity contribution in [2.45, 2.75) is 33.0 Å². The molecule has 0 atom stereocenters. The van der Waals surface area contributed by atoms with Crippen LogP contribution < -0.4 is 0 Å². The summed E-state index contributed by atoms with van der Waals surface area (Å²) in [5.74, 6) is -0.0764. The Hall–Kier alpha value is -3.48. The normalized spacial score (nSPS) is 11.3. The Morgan fingerprint density at radius 1 is 1.07 bits per heavy atom. The second-order valence-electron chi connectivity index (χ2n) is 7.51. The Bertz CT molecular complexity index is 1130. The van der Waals surface area contributed by atoms with Gasteiger partial charge in [0.2, 0.25) is 0 Å². The van der Waals surface area contributed by atoms with Gasteiger partial charge in [0.25, 0.3) is 5.91 Å². The van der Waals surface area contributed by atoms with Crippen LogP contribution in [-0.2, 0) is 13.1 Å². The van der Waals surface area contributed by atoms with Crippen LogP contribution in [0.3, 0.4) is 0 Å². The van der Waals surface area contributed by atoms with E-state index in [0.717, 1.165) is 16.6 Å². The van der Waals surface area contributed by atoms with Crippen LogP contribution in [0.15, 0.2) is 61.2 Å². The average molecular weight is 388 g/mol. The summed E-state index contributed by atoms with van der Waals surface area (Å²) in [5, 5.41) is 9.64. The maximum absolute atomic E-state index is 12.9. The Labute approximate surface area is 169 Å². The Balaban J connectivity index is 1.45. The van der Waals surface area contributed by atoms with E-state index >= 15 is 0 Å². The molecule has 4 aromatic rings. The number of carbonyl (C=O) groups is 1. The van der Waals surface area contributed by atoms with Gasteiger partial charge in [0.15, 0.2) is 5.65 Å². The number of benzene rings is 1. The number of nitrogens with zero attached hydrogens (tertiary/aromatic N) is 6. The quantitative estimate of drug-likeness (QED) is 0.507. The Morgan fingerprint density at radius 2 is 1.86 bits per heavy atom. The van der Waals surface area contributed by atoms with E-state index in [4.69, 9.17) is 0 Å². The summed E-state index contributed by atoms with van der Waals surface area (Å²) in [6.45, 7) is 5.30. The highest BCUT2D eigenvalue weighted by Gasteiger charge is 2.16. The number of amides is 1. The molecule has 0 N–H and O–H groups in total. The third-order valence-corrected chi connectivity index (χ3v) is 4.81. The van der Waals surface area contributed by atoms with Crippen LogP contribution in [0.1, 0.15) is 41.4 Å². The first-order valence-corrected chi connectivity index (χ1v) is 9.65. The van der Waals surface area contributed by atoms with Gasteiger partial charge in [0, 0.05) is 43.0 Å². The van der Waals surface area contributed by atoms with Crippen molar-refractivity contribution in [1.29, 1.82) is 0 Å². The van der Waals surface area contributed by atoms with Crippen LogP contribution in [-0.4, -0.2) is 42.4 Å². The van der Waals surface area contributed by atoms with E-state index in [1.807, 2.05) is 39.8 Å². The van der Waals surface area contributed by atoms with Crippen molar-refractivity contribution in [1.82, 2.24) is 29.4 Å². The van der Waals surface area contributed by atoms with Gasteiger partial charge in [-0.15, -0.1) is 0 Å². The standard InChI is InChI=1S/C22H24N6O/c1-16(2)28-21-19(12-25-28)9-20(11-23-21)22(29)26(3)13-18-10-24-27(15-18)14-17-7-5-4-6-8-17/h4-12,15-16H,13-14H2,1-3H3. The Morgan fingerprint density at radius 3 is 2.62 bits per heavy atom. The van der Waals surface area contributed by atoms with E-state index in [9.17, 15) is 4.79 Å². The molecule has 1 aromatic carbocycles. The lowest BCUT2D eigenvalue weighted by atomic mass is 10.2. The van der Waals surface area contributed by atoms with E-state index in [2.05, 4.69) is 41.2 Å². The molecule has 3 heterocycles. The molecule has 0 radical (unpaired) electrons. The van der Waals surface area contributed by atoms with Crippen molar-refractivity contribution < 1.29 is 4.79 Å². The van der Waals surface area contributed by atoms with Crippen molar-refractivity contribution in [3.63, 3.8) is 0 Å². The van der Waals surface area contributed by atoms with E-state index < -0.39 is 0 Å². The largest absolute Gasteiger partial charge is 0.337 e. The molecule has 0 aliphatic heterocycles. The number of hydrogen-bond donors (Lipinski definition) is 0. The second kappa shape index (κ2) is 7.87. The van der Waals surface area contributed by atoms with Gasteiger partial charge in [-0.25, -0.2) is 9.67 Å². The molecule has 7 nitrogen and oxygen atoms in total. The zero-order valence-corrected chi connectivity index (χ0v) is 16.9. The summed E-state index contributed by atoms with van der Waals surface area (Å²) >= 11 is 0. The molecule has 148 valence electrons. The molecule has 0 bridgehead atoms. The first kappa shape index (κ1) is 18.9. The predicted molar refractivity (Wildman–Crippen MR) is 111 cm³/mol. The molecule has 0 aliphatic carbocycles. The van der Waals surface area contributed by atoms with Crippen molar-refractivity contribution in [2.75, 3.05) is 7.05 Å². The first-order chi connectivity index (χ1) is 14.0. The van der Waals surface area contributed by atoms with Crippen LogP contribution in [0.5, 0.6) is 0 Å². The van der Waals surface area contributed by atoms with Crippen LogP contribution in [0.2, 0.25) is 0 Å². The summed E-state index contributed by atoms with van der Waals surface area (Å²) in [5.41, 5.74) is 3.52. The van der Waals surface area contributed by atoms with Gasteiger partial charge in [-0.05, 0) is 25.5 Å². The number of pyridine rings is 1. The fourth-order valence-corrected chi connectivity index (χ4v) is 3.35. The maximum atomic E-state index is 12.9. The van der Waals surface area contributed by atoms with Gasteiger partial charge >= 0.3 is 0 Å². The fraction of sp³-hybridized carbons (Fsp3) is 0.273. The van der Waals surface area contributed by atoms with E-state index in [1.54, 1.807) is 30.5 Å². The van der Waals surface area contributed by atoms with Gasteiger partial charge in [-0.2, -0.15) is 10.2 Å². The van der Waals surface area contributed by atoms with Gasteiger partial charge < -0.3 is 4.90 Å². The summed E-state index contributed by atoms with van der Waals surface area (Å²) in [4.78, 5) is 19.0. The topological polar surface area (TPSA) is 68.8 Å². The van der Waals surface area contributed by atoms with Crippen molar-refractivity contribution in [3.05, 3.63) is 77.9 Å². The van der Waals surface area contributed by atoms with Gasteiger partial charge in [-0.1, -0.05) is 30.3 Å². The minimum absolute atomic E-state index is 0.0764. The lowest BCUT2D eigenvalue weighted by Crippen LogP contribution is -2.26. The highest BCUT2D eigenvalue weighted by atomic mass is 16.2. The van der Waals surface area contributed by atoms with Crippen LogP contribution in [0.25, 0.3) is 11.0 Å². The molecular weight excluding hydrogens is 364 g/mol. The zero-order valence-electron chi connectivity index (χ0n) is 16.9. The summed E-state index contributed by atoms with van der Waals surface area (Å²) < 4.78 is 3.74. The van der Waals surface area contributed by atoms with Crippen LogP contribution in [0.4, 0.5) is 0 Å². The molecule has 0 spiro atoms. The third-order valence-electron chi connectivity index (χ3n) is 4.81. The predicted octanol–water partition coefficient (Wildman–Crippen LogP) is 3.53. The van der Waals surface area contributed by atoms with Crippen molar-refractivity contribution >= 4 is 16.9 Å². The molecule has 7 heteroatoms. The number of fused-ring (bicyclic) bond motifs is 1. The number of aromatic nitrogens is 5. The summed E-state index contributed by atoms with van der Waals surface area (Å²) in [7, 11) is 1.79. The lowest BCUT2D eigenvalue weighted by Gasteiger charge is -2.16. The van der Waals surface area contributed by atoms with Crippen LogP contribution >= 0.6 is 0 Å². The molecule has 0 saturated heterocycles. The first-order valence-electron chi connectivity index (χ1n) is 9.65. The van der Waals surface area contributed by atoms with E-state index in [1.165, 1.54) is 5.56 Å². The molecular formula is C22H24N6O. The van der Waals surface area contributed by atoms with Gasteiger partial charge in [0.05, 0.1) is 24.5 Å². The number of rotatable bonds is 6. The van der Waals surface area contributed by atoms with Gasteiger partial charge in [-0.3, -0.25) is 9.48 Å². The fourth-order valence-electron chi connectivity index (χ4n) is 3.35. The van der Waals surface area contributed by atoms with E-state index in [0.29, 0.717) is 18.7 Å². The second-order valence-corrected chi connectivity index (χ2v) is 7.51. The van der Waals surface area contributed by atoms with Gasteiger partial charge in [0.1, 0.15) is 0 Å². The van der Waals surface area contributed by atoms with E-state index in [-0.39, 0.29) is 11.9 Å². The molecule has 0 fully saturated rings. The number of carbonyl (C=O) groups excluding carboxylic acids is 1. The molecule has 4 rings (SSSR count). The summed E-state index contributed by atoms with van der Waals surface area (Å²) in [6, 6.07) is 12.2. The minimum atomic E-state index is -0.0764. The molecule has 0 unspecified atom stereocenters.